The van der Waals surface area contributed by atoms with Gasteiger partial charge in [0.25, 0.3) is 0 Å². The van der Waals surface area contributed by atoms with Gasteiger partial charge in [0.05, 0.1) is 25.2 Å². The summed E-state index contributed by atoms with van der Waals surface area (Å²) in [5.41, 5.74) is 0. The van der Waals surface area contributed by atoms with Gasteiger partial charge >= 0.3 is 5.97 Å². The van der Waals surface area contributed by atoms with Crippen LogP contribution in [0.4, 0.5) is 0 Å². The van der Waals surface area contributed by atoms with Crippen LogP contribution in [-0.2, 0) is 14.3 Å². The minimum atomic E-state index is -0.788. The van der Waals surface area contributed by atoms with Gasteiger partial charge in [-0.2, -0.15) is 0 Å². The number of aliphatic hydroxyl groups excluding tert-OH is 2. The first-order valence-corrected chi connectivity index (χ1v) is 27.1. The van der Waals surface area contributed by atoms with E-state index in [1.165, 1.54) is 180 Å². The Morgan fingerprint density at radius 1 is 0.459 bits per heavy atom. The quantitative estimate of drug-likeness (QED) is 0.0322. The number of aliphatic hydroxyl groups is 2. The largest absolute Gasteiger partial charge is 0.462 e. The van der Waals surface area contributed by atoms with Gasteiger partial charge < -0.3 is 20.3 Å². The second-order valence-electron chi connectivity index (χ2n) is 18.6. The summed E-state index contributed by atoms with van der Waals surface area (Å²) in [5.74, 6) is -0.485. The van der Waals surface area contributed by atoms with Crippen molar-refractivity contribution in [2.45, 2.75) is 309 Å². The number of rotatable bonds is 49. The van der Waals surface area contributed by atoms with Crippen LogP contribution in [0.2, 0.25) is 0 Å². The lowest BCUT2D eigenvalue weighted by molar-refractivity contribution is -0.151. The van der Waals surface area contributed by atoms with Gasteiger partial charge in [-0.25, -0.2) is 0 Å². The van der Waals surface area contributed by atoms with E-state index in [-0.39, 0.29) is 24.9 Å². The van der Waals surface area contributed by atoms with Crippen molar-refractivity contribution in [3.8, 4) is 0 Å². The molecule has 0 saturated carbocycles. The molecule has 0 aliphatic heterocycles. The number of nitrogens with one attached hydrogen (secondary N) is 1. The second-order valence-corrected chi connectivity index (χ2v) is 18.6. The molecule has 0 fully saturated rings. The summed E-state index contributed by atoms with van der Waals surface area (Å²) in [6.45, 7) is 6.45. The zero-order valence-corrected chi connectivity index (χ0v) is 41.1. The molecule has 0 rings (SSSR count). The summed E-state index contributed by atoms with van der Waals surface area (Å²) in [6, 6.07) is -0.703. The fourth-order valence-corrected chi connectivity index (χ4v) is 8.35. The molecule has 3 N–H and O–H groups in total. The van der Waals surface area contributed by atoms with Crippen LogP contribution in [0.15, 0.2) is 24.3 Å². The molecule has 0 aromatic heterocycles. The summed E-state index contributed by atoms with van der Waals surface area (Å²) in [4.78, 5) is 26.1. The molecule has 6 nitrogen and oxygen atoms in total. The molecule has 0 heterocycles. The lowest BCUT2D eigenvalue weighted by atomic mass is 10.0. The second kappa shape index (κ2) is 49.4. The van der Waals surface area contributed by atoms with Gasteiger partial charge in [-0.3, -0.25) is 9.59 Å². The molecule has 0 radical (unpaired) electrons. The topological polar surface area (TPSA) is 95.9 Å². The molecule has 0 bridgehead atoms. The molecular weight excluding hydrogens is 755 g/mol. The van der Waals surface area contributed by atoms with E-state index in [1.807, 2.05) is 0 Å². The van der Waals surface area contributed by atoms with Crippen LogP contribution in [0, 0.1) is 0 Å². The fraction of sp³-hybridized carbons (Fsp3) is 0.891. The molecule has 61 heavy (non-hydrogen) atoms. The van der Waals surface area contributed by atoms with Gasteiger partial charge in [0, 0.05) is 6.42 Å². The van der Waals surface area contributed by atoms with Crippen LogP contribution in [-0.4, -0.2) is 46.9 Å². The Bertz CT molecular complexity index is 966. The molecular formula is C55H105NO5. The van der Waals surface area contributed by atoms with Gasteiger partial charge in [0.15, 0.2) is 0 Å². The molecule has 0 aromatic carbocycles. The highest BCUT2D eigenvalue weighted by molar-refractivity contribution is 5.77. The Morgan fingerprint density at radius 3 is 1.23 bits per heavy atom. The number of hydrogen-bond acceptors (Lipinski definition) is 5. The Labute approximate surface area is 380 Å². The first-order chi connectivity index (χ1) is 30.0. The summed E-state index contributed by atoms with van der Waals surface area (Å²) in [5, 5.41) is 23.8. The van der Waals surface area contributed by atoms with Crippen LogP contribution in [0.25, 0.3) is 0 Å². The maximum Gasteiger partial charge on any atom is 0.306 e. The highest BCUT2D eigenvalue weighted by Crippen LogP contribution is 2.18. The fourth-order valence-electron chi connectivity index (χ4n) is 8.35. The van der Waals surface area contributed by atoms with E-state index in [1.54, 1.807) is 0 Å². The van der Waals surface area contributed by atoms with Crippen LogP contribution in [0.3, 0.4) is 0 Å². The van der Waals surface area contributed by atoms with Crippen molar-refractivity contribution < 1.29 is 24.5 Å². The number of allylic oxidation sites excluding steroid dienone is 4. The summed E-state index contributed by atoms with van der Waals surface area (Å²) in [7, 11) is 0. The maximum atomic E-state index is 13.2. The smallest absolute Gasteiger partial charge is 0.306 e. The van der Waals surface area contributed by atoms with E-state index in [0.29, 0.717) is 19.3 Å². The van der Waals surface area contributed by atoms with Crippen molar-refractivity contribution >= 4 is 11.9 Å². The van der Waals surface area contributed by atoms with E-state index < -0.39 is 18.2 Å². The van der Waals surface area contributed by atoms with Crippen molar-refractivity contribution in [3.05, 3.63) is 24.3 Å². The van der Waals surface area contributed by atoms with Gasteiger partial charge in [0.1, 0.15) is 6.10 Å². The molecule has 0 saturated heterocycles. The third-order valence-corrected chi connectivity index (χ3v) is 12.5. The average molecular weight is 860 g/mol. The van der Waals surface area contributed by atoms with Gasteiger partial charge in [-0.15, -0.1) is 0 Å². The first kappa shape index (κ1) is 59.3. The third kappa shape index (κ3) is 44.7. The predicted molar refractivity (Wildman–Crippen MR) is 264 cm³/mol. The highest BCUT2D eigenvalue weighted by atomic mass is 16.5. The third-order valence-electron chi connectivity index (χ3n) is 12.5. The summed E-state index contributed by atoms with van der Waals surface area (Å²) in [6.07, 6.45) is 56.8. The van der Waals surface area contributed by atoms with Crippen molar-refractivity contribution in [3.63, 3.8) is 0 Å². The zero-order valence-electron chi connectivity index (χ0n) is 41.1. The van der Waals surface area contributed by atoms with Gasteiger partial charge in [-0.05, 0) is 70.6 Å². The number of ether oxygens (including phenoxy) is 1. The van der Waals surface area contributed by atoms with Crippen molar-refractivity contribution in [1.82, 2.24) is 5.32 Å². The summed E-state index contributed by atoms with van der Waals surface area (Å²) < 4.78 is 5.92. The van der Waals surface area contributed by atoms with Crippen molar-refractivity contribution in [1.29, 1.82) is 0 Å². The van der Waals surface area contributed by atoms with E-state index in [4.69, 9.17) is 4.74 Å². The van der Waals surface area contributed by atoms with E-state index in [9.17, 15) is 19.8 Å². The van der Waals surface area contributed by atoms with Crippen molar-refractivity contribution in [2.24, 2.45) is 0 Å². The molecule has 0 aliphatic rings. The first-order valence-electron chi connectivity index (χ1n) is 27.1. The normalized spacial score (nSPS) is 13.3. The zero-order chi connectivity index (χ0) is 44.5. The van der Waals surface area contributed by atoms with Crippen molar-refractivity contribution in [2.75, 3.05) is 6.61 Å². The highest BCUT2D eigenvalue weighted by Gasteiger charge is 2.24. The lowest BCUT2D eigenvalue weighted by Gasteiger charge is -2.24. The van der Waals surface area contributed by atoms with E-state index in [2.05, 4.69) is 50.4 Å². The minimum Gasteiger partial charge on any atom is -0.462 e. The van der Waals surface area contributed by atoms with E-state index >= 15 is 0 Å². The number of unbranched alkanes of at least 4 members (excludes halogenated alkanes) is 33. The molecule has 0 spiro atoms. The van der Waals surface area contributed by atoms with Gasteiger partial charge in [0.2, 0.25) is 5.91 Å². The van der Waals surface area contributed by atoms with Gasteiger partial charge in [-0.1, -0.05) is 231 Å². The van der Waals surface area contributed by atoms with Crippen LogP contribution >= 0.6 is 0 Å². The maximum absolute atomic E-state index is 13.2. The molecule has 360 valence electrons. The number of carbonyl (C=O) groups excluding carboxylic acids is 2. The monoisotopic (exact) mass is 860 g/mol. The SMILES string of the molecule is CCCC/C=C\CCCCCC(CC(=O)NC(CO)C(O)CCCCCCCCCCCCCCCCCC)OC(=O)CCCCCCCCC/C=C/CCCCCCCC. The Kier molecular flexibility index (Phi) is 48.0. The molecule has 1 amide bonds. The Morgan fingerprint density at radius 2 is 0.803 bits per heavy atom. The lowest BCUT2D eigenvalue weighted by Crippen LogP contribution is -2.46. The minimum absolute atomic E-state index is 0.0686. The average Bonchev–Trinajstić information content (AvgIpc) is 3.25. The Hall–Kier alpha value is -1.66. The molecule has 6 heteroatoms. The van der Waals surface area contributed by atoms with Crippen LogP contribution in [0.1, 0.15) is 290 Å². The molecule has 3 atom stereocenters. The standard InChI is InChI=1S/C55H105NO5/c1-4-7-10-13-16-19-21-23-25-27-29-31-33-36-39-42-45-48-55(60)61-51(46-43-40-37-34-18-15-12-9-6-3)49-54(59)56-52(50-57)53(58)47-44-41-38-35-32-30-28-26-24-22-20-17-14-11-8-5-2/h15,18,23,25,51-53,57-58H,4-14,16-17,19-22,24,26-50H2,1-3H3,(H,56,59)/b18-15-,25-23+. The predicted octanol–water partition coefficient (Wildman–Crippen LogP) is 16.3. The number of carbonyl (C=O) groups is 2. The Balaban J connectivity index is 4.40. The molecule has 0 aromatic rings. The van der Waals surface area contributed by atoms with Crippen LogP contribution < -0.4 is 5.32 Å². The number of hydrogen-bond donors (Lipinski definition) is 3. The van der Waals surface area contributed by atoms with E-state index in [0.717, 1.165) is 64.2 Å². The number of esters is 1. The summed E-state index contributed by atoms with van der Waals surface area (Å²) >= 11 is 0. The number of amides is 1. The van der Waals surface area contributed by atoms with Crippen LogP contribution in [0.5, 0.6) is 0 Å². The molecule has 3 unspecified atom stereocenters. The molecule has 0 aliphatic carbocycles.